The molecule has 1 atom stereocenters. The predicted molar refractivity (Wildman–Crippen MR) is 103 cm³/mol. The number of ketones is 1. The van der Waals surface area contributed by atoms with Gasteiger partial charge in [-0.1, -0.05) is 23.2 Å². The first-order valence-electron chi connectivity index (χ1n) is 7.90. The maximum Gasteiger partial charge on any atom is 0.232 e. The minimum absolute atomic E-state index is 0.151. The van der Waals surface area contributed by atoms with E-state index in [-0.39, 0.29) is 18.4 Å². The lowest BCUT2D eigenvalue weighted by atomic mass is 10.0. The van der Waals surface area contributed by atoms with Crippen LogP contribution in [0.15, 0.2) is 36.4 Å². The third kappa shape index (κ3) is 3.82. The van der Waals surface area contributed by atoms with Gasteiger partial charge in [-0.3, -0.25) is 9.10 Å². The molecule has 0 unspecified atom stereocenters. The summed E-state index contributed by atoms with van der Waals surface area (Å²) < 4.78 is 30.8. The van der Waals surface area contributed by atoms with Gasteiger partial charge < -0.3 is 4.74 Å². The maximum atomic E-state index is 12.4. The summed E-state index contributed by atoms with van der Waals surface area (Å²) >= 11 is 11.8. The summed E-state index contributed by atoms with van der Waals surface area (Å²) in [7, 11) is -3.35. The molecule has 1 aliphatic rings. The monoisotopic (exact) mass is 413 g/mol. The van der Waals surface area contributed by atoms with Crippen molar-refractivity contribution in [3.8, 4) is 5.75 Å². The van der Waals surface area contributed by atoms with Crippen molar-refractivity contribution in [3.05, 3.63) is 57.6 Å². The standard InChI is InChI=1S/C18H17Cl2NO4S/c1-11-7-13-8-12(3-6-17(13)21(11)26(2,23)24)18(22)10-25-14-4-5-15(19)16(20)9-14/h3-6,8-9,11H,7,10H2,1-2H3/t11-/m0/s1. The fourth-order valence-corrected chi connectivity index (χ4v) is 4.63. The highest BCUT2D eigenvalue weighted by Crippen LogP contribution is 2.35. The van der Waals surface area contributed by atoms with Crippen LogP contribution in [0.3, 0.4) is 0 Å². The molecule has 3 rings (SSSR count). The van der Waals surface area contributed by atoms with Crippen molar-refractivity contribution in [3.63, 3.8) is 0 Å². The fourth-order valence-electron chi connectivity index (χ4n) is 3.08. The number of hydrogen-bond donors (Lipinski definition) is 0. The third-order valence-corrected chi connectivity index (χ3v) is 6.18. The summed E-state index contributed by atoms with van der Waals surface area (Å²) in [6, 6.07) is 9.64. The second kappa shape index (κ2) is 7.10. The summed E-state index contributed by atoms with van der Waals surface area (Å²) in [6.45, 7) is 1.69. The molecule has 2 aromatic carbocycles. The van der Waals surface area contributed by atoms with Crippen LogP contribution in [-0.2, 0) is 16.4 Å². The number of ether oxygens (including phenoxy) is 1. The van der Waals surface area contributed by atoms with Gasteiger partial charge in [0.05, 0.1) is 22.0 Å². The molecule has 0 amide bonds. The molecular weight excluding hydrogens is 397 g/mol. The van der Waals surface area contributed by atoms with E-state index >= 15 is 0 Å². The Balaban J connectivity index is 1.75. The number of halogens is 2. The molecule has 1 heterocycles. The van der Waals surface area contributed by atoms with Crippen LogP contribution in [0.4, 0.5) is 5.69 Å². The molecule has 0 N–H and O–H groups in total. The van der Waals surface area contributed by atoms with Gasteiger partial charge in [0.25, 0.3) is 0 Å². The summed E-state index contributed by atoms with van der Waals surface area (Å²) in [5.74, 6) is 0.245. The van der Waals surface area contributed by atoms with Gasteiger partial charge in [-0.25, -0.2) is 8.42 Å². The molecule has 0 radical (unpaired) electrons. The smallest absolute Gasteiger partial charge is 0.232 e. The normalized spacial score (nSPS) is 16.5. The zero-order valence-electron chi connectivity index (χ0n) is 14.2. The summed E-state index contributed by atoms with van der Waals surface area (Å²) in [5, 5.41) is 0.762. The van der Waals surface area contributed by atoms with E-state index in [1.165, 1.54) is 10.6 Å². The van der Waals surface area contributed by atoms with E-state index in [0.717, 1.165) is 5.56 Å². The van der Waals surface area contributed by atoms with E-state index in [1.54, 1.807) is 36.4 Å². The largest absolute Gasteiger partial charge is 0.485 e. The highest BCUT2D eigenvalue weighted by molar-refractivity contribution is 7.92. The lowest BCUT2D eigenvalue weighted by molar-refractivity contribution is 0.0921. The van der Waals surface area contributed by atoms with Crippen LogP contribution in [0.5, 0.6) is 5.75 Å². The van der Waals surface area contributed by atoms with E-state index in [2.05, 4.69) is 0 Å². The van der Waals surface area contributed by atoms with Gasteiger partial charge >= 0.3 is 0 Å². The van der Waals surface area contributed by atoms with Gasteiger partial charge in [-0.05, 0) is 49.2 Å². The quantitative estimate of drug-likeness (QED) is 0.695. The van der Waals surface area contributed by atoms with E-state index in [1.807, 2.05) is 6.92 Å². The van der Waals surface area contributed by atoms with Crippen LogP contribution in [0.2, 0.25) is 10.0 Å². The minimum Gasteiger partial charge on any atom is -0.485 e. The molecule has 0 aromatic heterocycles. The molecule has 0 saturated carbocycles. The van der Waals surface area contributed by atoms with Crippen LogP contribution >= 0.6 is 23.2 Å². The van der Waals surface area contributed by atoms with Crippen molar-refractivity contribution >= 4 is 44.7 Å². The van der Waals surface area contributed by atoms with Crippen molar-refractivity contribution in [2.75, 3.05) is 17.2 Å². The molecular formula is C18H17Cl2NO4S. The third-order valence-electron chi connectivity index (χ3n) is 4.17. The number of anilines is 1. The first-order valence-corrected chi connectivity index (χ1v) is 10.5. The van der Waals surface area contributed by atoms with Gasteiger partial charge in [-0.15, -0.1) is 0 Å². The van der Waals surface area contributed by atoms with Gasteiger partial charge in [0.15, 0.2) is 12.4 Å². The molecule has 138 valence electrons. The lowest BCUT2D eigenvalue weighted by Gasteiger charge is -2.21. The van der Waals surface area contributed by atoms with E-state index in [9.17, 15) is 13.2 Å². The summed E-state index contributed by atoms with van der Waals surface area (Å²) in [6.07, 6.45) is 1.75. The fraction of sp³-hybridized carbons (Fsp3) is 0.278. The van der Waals surface area contributed by atoms with Gasteiger partial charge in [0.1, 0.15) is 5.75 Å². The highest BCUT2D eigenvalue weighted by Gasteiger charge is 2.32. The highest BCUT2D eigenvalue weighted by atomic mass is 35.5. The number of fused-ring (bicyclic) bond motifs is 1. The summed E-state index contributed by atoms with van der Waals surface area (Å²) in [4.78, 5) is 12.4. The summed E-state index contributed by atoms with van der Waals surface area (Å²) in [5.41, 5.74) is 1.94. The number of rotatable bonds is 5. The Bertz CT molecular complexity index is 975. The molecule has 26 heavy (non-hydrogen) atoms. The van der Waals surface area contributed by atoms with Crippen molar-refractivity contribution in [1.29, 1.82) is 0 Å². The molecule has 2 aromatic rings. The Morgan fingerprint density at radius 1 is 1.19 bits per heavy atom. The van der Waals surface area contributed by atoms with Crippen LogP contribution in [0, 0.1) is 0 Å². The SMILES string of the molecule is C[C@H]1Cc2cc(C(=O)COc3ccc(Cl)c(Cl)c3)ccc2N1S(C)(=O)=O. The van der Waals surface area contributed by atoms with Crippen molar-refractivity contribution in [2.45, 2.75) is 19.4 Å². The number of nitrogens with zero attached hydrogens (tertiary/aromatic N) is 1. The first-order chi connectivity index (χ1) is 12.2. The van der Waals surface area contributed by atoms with Crippen LogP contribution in [0.1, 0.15) is 22.8 Å². The average Bonchev–Trinajstić information content (AvgIpc) is 2.90. The molecule has 1 aliphatic heterocycles. The number of carbonyl (C=O) groups excluding carboxylic acids is 1. The maximum absolute atomic E-state index is 12.4. The number of carbonyl (C=O) groups is 1. The van der Waals surface area contributed by atoms with Crippen LogP contribution in [-0.4, -0.2) is 33.1 Å². The Kier molecular flexibility index (Phi) is 5.19. The molecule has 0 spiro atoms. The Hall–Kier alpha value is -1.76. The Morgan fingerprint density at radius 3 is 2.58 bits per heavy atom. The molecule has 0 fully saturated rings. The Labute approximate surface area is 162 Å². The second-order valence-electron chi connectivity index (χ2n) is 6.24. The number of benzene rings is 2. The van der Waals surface area contributed by atoms with Crippen molar-refractivity contribution < 1.29 is 17.9 Å². The molecule has 0 bridgehead atoms. The van der Waals surface area contributed by atoms with Crippen molar-refractivity contribution in [2.24, 2.45) is 0 Å². The van der Waals surface area contributed by atoms with E-state index in [0.29, 0.717) is 33.5 Å². The van der Waals surface area contributed by atoms with Crippen LogP contribution in [0.25, 0.3) is 0 Å². The topological polar surface area (TPSA) is 63.7 Å². The van der Waals surface area contributed by atoms with Gasteiger partial charge in [-0.2, -0.15) is 0 Å². The van der Waals surface area contributed by atoms with Crippen molar-refractivity contribution in [1.82, 2.24) is 0 Å². The number of hydrogen-bond acceptors (Lipinski definition) is 4. The number of sulfonamides is 1. The zero-order valence-corrected chi connectivity index (χ0v) is 16.5. The zero-order chi connectivity index (χ0) is 19.1. The average molecular weight is 414 g/mol. The second-order valence-corrected chi connectivity index (χ2v) is 8.92. The lowest BCUT2D eigenvalue weighted by Crippen LogP contribution is -2.34. The minimum atomic E-state index is -3.35. The number of Topliss-reactive ketones (excluding diaryl/α,β-unsaturated/α-hetero) is 1. The van der Waals surface area contributed by atoms with E-state index in [4.69, 9.17) is 27.9 Å². The predicted octanol–water partition coefficient (Wildman–Crippen LogP) is 3.97. The molecule has 0 aliphatic carbocycles. The Morgan fingerprint density at radius 2 is 1.92 bits per heavy atom. The van der Waals surface area contributed by atoms with Crippen LogP contribution < -0.4 is 9.04 Å². The molecule has 8 heteroatoms. The van der Waals surface area contributed by atoms with Gasteiger partial charge in [0.2, 0.25) is 10.0 Å². The van der Waals surface area contributed by atoms with E-state index < -0.39 is 10.0 Å². The molecule has 5 nitrogen and oxygen atoms in total. The molecule has 0 saturated heterocycles. The van der Waals surface area contributed by atoms with Gasteiger partial charge in [0, 0.05) is 17.7 Å². The first kappa shape index (κ1) is 19.0.